The third-order valence-electron chi connectivity index (χ3n) is 6.05. The summed E-state index contributed by atoms with van der Waals surface area (Å²) in [4.78, 5) is 28.4. The van der Waals surface area contributed by atoms with Crippen LogP contribution in [0.4, 0.5) is 14.5 Å². The van der Waals surface area contributed by atoms with Gasteiger partial charge in [0.15, 0.2) is 0 Å². The molecule has 8 nitrogen and oxygen atoms in total. The molecule has 3 aromatic carbocycles. The maximum atomic E-state index is 14.7. The Morgan fingerprint density at radius 2 is 1.51 bits per heavy atom. The topological polar surface area (TPSA) is 90.0 Å². The van der Waals surface area contributed by atoms with Gasteiger partial charge in [-0.05, 0) is 42.8 Å². The summed E-state index contributed by atoms with van der Waals surface area (Å²) in [5, 5.41) is 2.73. The Morgan fingerprint density at radius 3 is 2.10 bits per heavy atom. The van der Waals surface area contributed by atoms with Gasteiger partial charge in [0.2, 0.25) is 11.8 Å². The van der Waals surface area contributed by atoms with Gasteiger partial charge >= 0.3 is 10.2 Å². The van der Waals surface area contributed by atoms with E-state index < -0.39 is 46.2 Å². The smallest absolute Gasteiger partial charge is 0.304 e. The number of benzene rings is 3. The summed E-state index contributed by atoms with van der Waals surface area (Å²) in [5.74, 6) is -2.34. The second-order valence-corrected chi connectivity index (χ2v) is 11.1. The first-order valence-electron chi connectivity index (χ1n) is 12.3. The van der Waals surface area contributed by atoms with Crippen LogP contribution in [0, 0.1) is 11.6 Å². The summed E-state index contributed by atoms with van der Waals surface area (Å²) in [6.45, 7) is 1.05. The van der Waals surface area contributed by atoms with E-state index in [1.54, 1.807) is 37.3 Å². The number of nitrogens with zero attached hydrogens (tertiary/aromatic N) is 3. The van der Waals surface area contributed by atoms with Gasteiger partial charge in [-0.15, -0.1) is 0 Å². The number of amides is 2. The molecule has 0 heterocycles. The van der Waals surface area contributed by atoms with Gasteiger partial charge in [0.05, 0.1) is 5.69 Å². The number of hydrogen-bond acceptors (Lipinski definition) is 4. The van der Waals surface area contributed by atoms with E-state index in [0.29, 0.717) is 6.54 Å². The highest BCUT2D eigenvalue weighted by Gasteiger charge is 2.34. The Morgan fingerprint density at radius 1 is 0.897 bits per heavy atom. The van der Waals surface area contributed by atoms with E-state index in [0.717, 1.165) is 26.3 Å². The van der Waals surface area contributed by atoms with Gasteiger partial charge in [-0.3, -0.25) is 9.59 Å². The standard InChI is InChI=1S/C28H32F2N4O4S/c1-4-31-28(36)26(18-21-10-6-5-7-11-21)33(19-22-12-8-9-13-25(22)30)27(35)20-34(39(37,38)32(2)3)24-16-14-23(29)15-17-24/h5-17,26H,4,18-20H2,1-3H3,(H,31,36)/t26-/m0/s1. The molecule has 3 rings (SSSR count). The number of anilines is 1. The lowest BCUT2D eigenvalue weighted by molar-refractivity contribution is -0.140. The monoisotopic (exact) mass is 558 g/mol. The van der Waals surface area contributed by atoms with Crippen LogP contribution in [-0.4, -0.2) is 62.7 Å². The molecule has 39 heavy (non-hydrogen) atoms. The van der Waals surface area contributed by atoms with Crippen molar-refractivity contribution in [2.45, 2.75) is 25.9 Å². The van der Waals surface area contributed by atoms with Crippen molar-refractivity contribution in [3.05, 3.63) is 102 Å². The average molecular weight is 559 g/mol. The third kappa shape index (κ3) is 7.61. The van der Waals surface area contributed by atoms with Crippen molar-refractivity contribution in [1.82, 2.24) is 14.5 Å². The minimum absolute atomic E-state index is 0.0573. The van der Waals surface area contributed by atoms with Crippen LogP contribution in [0.3, 0.4) is 0 Å². The van der Waals surface area contributed by atoms with Gasteiger partial charge in [-0.2, -0.15) is 12.7 Å². The molecule has 1 N–H and O–H groups in total. The molecule has 0 unspecified atom stereocenters. The lowest BCUT2D eigenvalue weighted by Crippen LogP contribution is -2.54. The van der Waals surface area contributed by atoms with Gasteiger partial charge in [0, 0.05) is 39.2 Å². The average Bonchev–Trinajstić information content (AvgIpc) is 2.91. The molecule has 2 amide bonds. The minimum Gasteiger partial charge on any atom is -0.355 e. The van der Waals surface area contributed by atoms with Gasteiger partial charge in [-0.1, -0.05) is 48.5 Å². The van der Waals surface area contributed by atoms with Crippen LogP contribution in [0.25, 0.3) is 0 Å². The Labute approximate surface area is 228 Å². The first kappa shape index (κ1) is 29.7. The molecule has 0 aromatic heterocycles. The summed E-state index contributed by atoms with van der Waals surface area (Å²) in [6, 6.07) is 18.5. The lowest BCUT2D eigenvalue weighted by atomic mass is 10.0. The fraction of sp³-hybridized carbons (Fsp3) is 0.286. The fourth-order valence-corrected chi connectivity index (χ4v) is 5.04. The van der Waals surface area contributed by atoms with Gasteiger partial charge in [0.1, 0.15) is 24.2 Å². The van der Waals surface area contributed by atoms with E-state index in [9.17, 15) is 26.8 Å². The predicted octanol–water partition coefficient (Wildman–Crippen LogP) is 3.35. The number of hydrogen-bond donors (Lipinski definition) is 1. The Hall–Kier alpha value is -3.83. The Bertz CT molecular complexity index is 1370. The van der Waals surface area contributed by atoms with Crippen LogP contribution in [0.2, 0.25) is 0 Å². The molecule has 208 valence electrons. The molecule has 0 saturated carbocycles. The van der Waals surface area contributed by atoms with Crippen molar-refractivity contribution in [3.63, 3.8) is 0 Å². The molecule has 0 radical (unpaired) electrons. The summed E-state index contributed by atoms with van der Waals surface area (Å²) in [7, 11) is -1.60. The first-order valence-corrected chi connectivity index (χ1v) is 13.7. The van der Waals surface area contributed by atoms with E-state index >= 15 is 0 Å². The minimum atomic E-state index is -4.21. The number of likely N-dealkylation sites (N-methyl/N-ethyl adjacent to an activating group) is 1. The summed E-state index contributed by atoms with van der Waals surface area (Å²) in [5.41, 5.74) is 0.982. The zero-order valence-electron chi connectivity index (χ0n) is 22.1. The summed E-state index contributed by atoms with van der Waals surface area (Å²) in [6.07, 6.45) is 0.115. The van der Waals surface area contributed by atoms with Gasteiger partial charge in [0.25, 0.3) is 0 Å². The molecule has 0 aliphatic carbocycles. The van der Waals surface area contributed by atoms with E-state index in [1.807, 2.05) is 6.07 Å². The highest BCUT2D eigenvalue weighted by Crippen LogP contribution is 2.22. The molecule has 0 spiro atoms. The van der Waals surface area contributed by atoms with Crippen LogP contribution in [0.15, 0.2) is 78.9 Å². The number of halogens is 2. The van der Waals surface area contributed by atoms with E-state index in [2.05, 4.69) is 5.32 Å². The molecule has 0 aliphatic heterocycles. The van der Waals surface area contributed by atoms with Gasteiger partial charge < -0.3 is 10.2 Å². The van der Waals surface area contributed by atoms with Gasteiger partial charge in [-0.25, -0.2) is 13.1 Å². The van der Waals surface area contributed by atoms with Crippen LogP contribution < -0.4 is 9.62 Å². The van der Waals surface area contributed by atoms with Crippen molar-refractivity contribution in [1.29, 1.82) is 0 Å². The predicted molar refractivity (Wildman–Crippen MR) is 146 cm³/mol. The molecule has 0 bridgehead atoms. The zero-order valence-corrected chi connectivity index (χ0v) is 22.9. The van der Waals surface area contributed by atoms with Crippen LogP contribution in [-0.2, 0) is 32.8 Å². The number of carbonyl (C=O) groups excluding carboxylic acids is 2. The van der Waals surface area contributed by atoms with Crippen LogP contribution in [0.5, 0.6) is 0 Å². The Balaban J connectivity index is 2.08. The molecule has 0 fully saturated rings. The van der Waals surface area contributed by atoms with Crippen LogP contribution >= 0.6 is 0 Å². The van der Waals surface area contributed by atoms with E-state index in [-0.39, 0.29) is 24.2 Å². The quantitative estimate of drug-likeness (QED) is 0.369. The van der Waals surface area contributed by atoms with Crippen molar-refractivity contribution in [3.8, 4) is 0 Å². The first-order chi connectivity index (χ1) is 18.5. The van der Waals surface area contributed by atoms with Crippen molar-refractivity contribution in [2.75, 3.05) is 31.5 Å². The molecular formula is C28H32F2N4O4S. The SMILES string of the molecule is CCNC(=O)[C@H](Cc1ccccc1)N(Cc1ccccc1F)C(=O)CN(c1ccc(F)cc1)S(=O)(=O)N(C)C. The van der Waals surface area contributed by atoms with Crippen molar-refractivity contribution < 1.29 is 26.8 Å². The molecule has 0 aliphatic rings. The Kier molecular flexibility index (Phi) is 10.1. The number of nitrogens with one attached hydrogen (secondary N) is 1. The second kappa shape index (κ2) is 13.3. The highest BCUT2D eigenvalue weighted by molar-refractivity contribution is 7.90. The highest BCUT2D eigenvalue weighted by atomic mass is 32.2. The lowest BCUT2D eigenvalue weighted by Gasteiger charge is -2.34. The third-order valence-corrected chi connectivity index (χ3v) is 7.87. The number of carbonyl (C=O) groups is 2. The van der Waals surface area contributed by atoms with Crippen molar-refractivity contribution >= 4 is 27.7 Å². The second-order valence-electron chi connectivity index (χ2n) is 8.99. The van der Waals surface area contributed by atoms with E-state index in [4.69, 9.17) is 0 Å². The van der Waals surface area contributed by atoms with Crippen LogP contribution in [0.1, 0.15) is 18.1 Å². The van der Waals surface area contributed by atoms with E-state index in [1.165, 1.54) is 49.3 Å². The summed E-state index contributed by atoms with van der Waals surface area (Å²) >= 11 is 0. The largest absolute Gasteiger partial charge is 0.355 e. The normalized spacial score (nSPS) is 12.2. The maximum absolute atomic E-state index is 14.7. The van der Waals surface area contributed by atoms with Crippen molar-refractivity contribution in [2.24, 2.45) is 0 Å². The molecule has 11 heteroatoms. The molecule has 1 atom stereocenters. The number of rotatable bonds is 12. The molecule has 0 saturated heterocycles. The fourth-order valence-electron chi connectivity index (χ4n) is 3.98. The molecule has 3 aromatic rings. The zero-order chi connectivity index (χ0) is 28.6. The molecular weight excluding hydrogens is 526 g/mol. The maximum Gasteiger partial charge on any atom is 0.304 e. The summed E-state index contributed by atoms with van der Waals surface area (Å²) < 4.78 is 56.6.